The number of nitrogens with zero attached hydrogens (tertiary/aromatic N) is 2. The maximum atomic E-state index is 12.3. The monoisotopic (exact) mass is 366 g/mol. The summed E-state index contributed by atoms with van der Waals surface area (Å²) in [6.45, 7) is 3.71. The molecule has 0 saturated carbocycles. The van der Waals surface area contributed by atoms with Gasteiger partial charge in [-0.3, -0.25) is 9.47 Å². The Balaban J connectivity index is 1.56. The van der Waals surface area contributed by atoms with Crippen molar-refractivity contribution in [3.63, 3.8) is 0 Å². The van der Waals surface area contributed by atoms with Gasteiger partial charge < -0.3 is 13.9 Å². The predicted molar refractivity (Wildman–Crippen MR) is 95.0 cm³/mol. The SMILES string of the molecule is O=c1oc2cc(Cl)ccc2n1CN(C[C@H]1CCCO1)C[C@@H]1CCCO1. The van der Waals surface area contributed by atoms with E-state index in [1.165, 1.54) is 0 Å². The van der Waals surface area contributed by atoms with E-state index >= 15 is 0 Å². The van der Waals surface area contributed by atoms with E-state index in [0.717, 1.165) is 57.5 Å². The van der Waals surface area contributed by atoms with Gasteiger partial charge in [-0.2, -0.15) is 0 Å². The van der Waals surface area contributed by atoms with Crippen molar-refractivity contribution in [1.29, 1.82) is 0 Å². The van der Waals surface area contributed by atoms with E-state index in [1.807, 2.05) is 6.07 Å². The molecule has 0 spiro atoms. The van der Waals surface area contributed by atoms with Crippen molar-refractivity contribution in [2.24, 2.45) is 0 Å². The Hall–Kier alpha value is -1.34. The van der Waals surface area contributed by atoms with Gasteiger partial charge in [0.15, 0.2) is 5.58 Å². The summed E-state index contributed by atoms with van der Waals surface area (Å²) in [5.74, 6) is -0.359. The Bertz CT molecular complexity index is 757. The Morgan fingerprint density at radius 1 is 1.12 bits per heavy atom. The van der Waals surface area contributed by atoms with Crippen molar-refractivity contribution in [2.75, 3.05) is 26.3 Å². The van der Waals surface area contributed by atoms with E-state index in [0.29, 0.717) is 17.3 Å². The first-order valence-corrected chi connectivity index (χ1v) is 9.31. The van der Waals surface area contributed by atoms with Crippen LogP contribution in [0.15, 0.2) is 27.4 Å². The van der Waals surface area contributed by atoms with Crippen molar-refractivity contribution in [1.82, 2.24) is 9.47 Å². The number of hydrogen-bond acceptors (Lipinski definition) is 5. The third-order valence-corrected chi connectivity index (χ3v) is 5.18. The Kier molecular flexibility index (Phi) is 5.12. The van der Waals surface area contributed by atoms with E-state index < -0.39 is 0 Å². The van der Waals surface area contributed by atoms with Crippen LogP contribution in [0, 0.1) is 0 Å². The molecule has 4 rings (SSSR count). The number of halogens is 1. The van der Waals surface area contributed by atoms with Crippen LogP contribution in [-0.4, -0.2) is 48.0 Å². The second-order valence-corrected chi connectivity index (χ2v) is 7.29. The molecule has 2 aliphatic rings. The molecule has 3 heterocycles. The van der Waals surface area contributed by atoms with Crippen LogP contribution in [0.5, 0.6) is 0 Å². The fourth-order valence-electron chi connectivity index (χ4n) is 3.72. The first-order chi connectivity index (χ1) is 12.2. The highest BCUT2D eigenvalue weighted by molar-refractivity contribution is 6.31. The Labute approximate surface area is 151 Å². The quantitative estimate of drug-likeness (QED) is 0.786. The van der Waals surface area contributed by atoms with Crippen LogP contribution in [0.3, 0.4) is 0 Å². The van der Waals surface area contributed by atoms with Gasteiger partial charge in [-0.05, 0) is 37.8 Å². The number of ether oxygens (including phenoxy) is 2. The summed E-state index contributed by atoms with van der Waals surface area (Å²) in [6.07, 6.45) is 4.79. The molecular formula is C18H23ClN2O4. The summed E-state index contributed by atoms with van der Waals surface area (Å²) in [7, 11) is 0. The summed E-state index contributed by atoms with van der Waals surface area (Å²) in [5, 5.41) is 0.559. The van der Waals surface area contributed by atoms with Crippen LogP contribution >= 0.6 is 11.6 Å². The zero-order valence-corrected chi connectivity index (χ0v) is 14.9. The molecule has 25 heavy (non-hydrogen) atoms. The zero-order valence-electron chi connectivity index (χ0n) is 14.2. The number of aromatic nitrogens is 1. The summed E-state index contributed by atoms with van der Waals surface area (Å²) >= 11 is 6.00. The summed E-state index contributed by atoms with van der Waals surface area (Å²) in [6, 6.07) is 5.29. The van der Waals surface area contributed by atoms with Crippen molar-refractivity contribution >= 4 is 22.7 Å². The fraction of sp³-hybridized carbons (Fsp3) is 0.611. The van der Waals surface area contributed by atoms with E-state index in [9.17, 15) is 4.79 Å². The number of rotatable bonds is 6. The minimum Gasteiger partial charge on any atom is -0.408 e. The van der Waals surface area contributed by atoms with Gasteiger partial charge in [-0.25, -0.2) is 4.79 Å². The largest absolute Gasteiger partial charge is 0.421 e. The Morgan fingerprint density at radius 2 is 1.80 bits per heavy atom. The first-order valence-electron chi connectivity index (χ1n) is 8.93. The molecule has 0 bridgehead atoms. The summed E-state index contributed by atoms with van der Waals surface area (Å²) < 4.78 is 18.6. The molecule has 2 aliphatic heterocycles. The van der Waals surface area contributed by atoms with E-state index in [2.05, 4.69) is 4.90 Å². The molecule has 0 unspecified atom stereocenters. The van der Waals surface area contributed by atoms with Gasteiger partial charge in [-0.15, -0.1) is 0 Å². The number of hydrogen-bond donors (Lipinski definition) is 0. The fourth-order valence-corrected chi connectivity index (χ4v) is 3.88. The lowest BCUT2D eigenvalue weighted by Crippen LogP contribution is -2.40. The average Bonchev–Trinajstić information content (AvgIpc) is 3.31. The van der Waals surface area contributed by atoms with Gasteiger partial charge in [0.1, 0.15) is 0 Å². The van der Waals surface area contributed by atoms with E-state index in [-0.39, 0.29) is 18.0 Å². The second kappa shape index (κ2) is 7.50. The van der Waals surface area contributed by atoms with Gasteiger partial charge in [0, 0.05) is 37.4 Å². The molecule has 0 amide bonds. The summed E-state index contributed by atoms with van der Waals surface area (Å²) in [5.41, 5.74) is 1.28. The van der Waals surface area contributed by atoms with Crippen molar-refractivity contribution < 1.29 is 13.9 Å². The van der Waals surface area contributed by atoms with Gasteiger partial charge in [0.2, 0.25) is 0 Å². The lowest BCUT2D eigenvalue weighted by molar-refractivity contribution is 0.0252. The van der Waals surface area contributed by atoms with Crippen LogP contribution < -0.4 is 5.76 Å². The first kappa shape index (κ1) is 17.1. The standard InChI is InChI=1S/C18H23ClN2O4/c19-13-5-6-16-17(9-13)25-18(22)21(16)12-20(10-14-3-1-7-23-14)11-15-4-2-8-24-15/h5-6,9,14-15H,1-4,7-8,10-12H2/t14-,15+. The molecule has 136 valence electrons. The van der Waals surface area contributed by atoms with Gasteiger partial charge in [0.25, 0.3) is 0 Å². The van der Waals surface area contributed by atoms with Crippen LogP contribution in [0.4, 0.5) is 0 Å². The highest BCUT2D eigenvalue weighted by Gasteiger charge is 2.25. The highest BCUT2D eigenvalue weighted by Crippen LogP contribution is 2.21. The van der Waals surface area contributed by atoms with Crippen molar-refractivity contribution in [3.8, 4) is 0 Å². The third-order valence-electron chi connectivity index (χ3n) is 4.94. The smallest absolute Gasteiger partial charge is 0.408 e. The zero-order chi connectivity index (χ0) is 17.2. The van der Waals surface area contributed by atoms with Crippen LogP contribution in [0.25, 0.3) is 11.1 Å². The van der Waals surface area contributed by atoms with Crippen LogP contribution in [-0.2, 0) is 16.1 Å². The Morgan fingerprint density at radius 3 is 2.40 bits per heavy atom. The molecule has 2 fully saturated rings. The van der Waals surface area contributed by atoms with Gasteiger partial charge >= 0.3 is 5.76 Å². The van der Waals surface area contributed by atoms with Crippen molar-refractivity contribution in [3.05, 3.63) is 33.8 Å². The number of benzene rings is 1. The molecule has 0 aliphatic carbocycles. The average molecular weight is 367 g/mol. The number of fused-ring (bicyclic) bond motifs is 1. The molecule has 2 saturated heterocycles. The third kappa shape index (κ3) is 3.92. The minimum atomic E-state index is -0.359. The lowest BCUT2D eigenvalue weighted by Gasteiger charge is -2.27. The highest BCUT2D eigenvalue weighted by atomic mass is 35.5. The molecule has 1 aromatic carbocycles. The molecular weight excluding hydrogens is 344 g/mol. The molecule has 0 radical (unpaired) electrons. The predicted octanol–water partition coefficient (Wildman–Crippen LogP) is 2.87. The maximum absolute atomic E-state index is 12.3. The van der Waals surface area contributed by atoms with Gasteiger partial charge in [0.05, 0.1) is 24.4 Å². The summed E-state index contributed by atoms with van der Waals surface area (Å²) in [4.78, 5) is 14.6. The normalized spacial score (nSPS) is 23.9. The molecule has 7 heteroatoms. The molecule has 1 aromatic heterocycles. The van der Waals surface area contributed by atoms with Gasteiger partial charge in [-0.1, -0.05) is 11.6 Å². The topological polar surface area (TPSA) is 56.8 Å². The van der Waals surface area contributed by atoms with Crippen LogP contribution in [0.2, 0.25) is 5.02 Å². The second-order valence-electron chi connectivity index (χ2n) is 6.86. The van der Waals surface area contributed by atoms with Crippen LogP contribution in [0.1, 0.15) is 25.7 Å². The van der Waals surface area contributed by atoms with Crippen molar-refractivity contribution in [2.45, 2.75) is 44.6 Å². The molecule has 2 atom stereocenters. The minimum absolute atomic E-state index is 0.227. The maximum Gasteiger partial charge on any atom is 0.421 e. The van der Waals surface area contributed by atoms with E-state index in [1.54, 1.807) is 16.7 Å². The molecule has 6 nitrogen and oxygen atoms in total. The number of oxazole rings is 1. The molecule has 0 N–H and O–H groups in total. The van der Waals surface area contributed by atoms with E-state index in [4.69, 9.17) is 25.5 Å². The lowest BCUT2D eigenvalue weighted by atomic mass is 10.2. The molecule has 2 aromatic rings.